The molecule has 0 bridgehead atoms. The zero-order valence-electron chi connectivity index (χ0n) is 20.6. The molecule has 0 aromatic heterocycles. The number of hydrogen-bond donors (Lipinski definition) is 1. The maximum atomic E-state index is 11.4. The van der Waals surface area contributed by atoms with E-state index in [4.69, 9.17) is 14.2 Å². The molecule has 0 saturated carbocycles. The minimum absolute atomic E-state index is 0.0369. The zero-order chi connectivity index (χ0) is 24.8. The lowest BCUT2D eigenvalue weighted by atomic mass is 10.1. The first kappa shape index (κ1) is 27.0. The summed E-state index contributed by atoms with van der Waals surface area (Å²) in [5.41, 5.74) is 1.78. The Labute approximate surface area is 203 Å². The molecule has 6 heteroatoms. The van der Waals surface area contributed by atoms with Crippen LogP contribution in [0.3, 0.4) is 0 Å². The second kappa shape index (κ2) is 14.8. The highest BCUT2D eigenvalue weighted by Gasteiger charge is 2.11. The van der Waals surface area contributed by atoms with E-state index in [1.165, 1.54) is 12.8 Å². The van der Waals surface area contributed by atoms with Crippen LogP contribution in [-0.4, -0.2) is 36.6 Å². The Morgan fingerprint density at radius 3 is 2.44 bits per heavy atom. The van der Waals surface area contributed by atoms with Crippen molar-refractivity contribution in [2.24, 2.45) is 4.99 Å². The minimum atomic E-state index is -0.372. The standard InChI is InChI=1S/C28H37NO5/c1-5-7-8-17-32-25-15-12-23(13-16-25)29-20-22-11-14-26(19-27(22)30)34-24(6-2)10-9-18-33-28(31)21(3)4/h11-16,19-20,24,30H,3,5-10,17-18H2,1-2,4H3. The average Bonchev–Trinajstić information content (AvgIpc) is 2.83. The third kappa shape index (κ3) is 9.69. The Kier molecular flexibility index (Phi) is 11.7. The van der Waals surface area contributed by atoms with Crippen molar-refractivity contribution in [1.82, 2.24) is 0 Å². The molecule has 2 aromatic carbocycles. The van der Waals surface area contributed by atoms with E-state index in [1.807, 2.05) is 37.3 Å². The molecule has 184 valence electrons. The van der Waals surface area contributed by atoms with Gasteiger partial charge < -0.3 is 19.3 Å². The summed E-state index contributed by atoms with van der Waals surface area (Å²) in [6, 6.07) is 12.8. The molecule has 0 aliphatic heterocycles. The molecule has 0 heterocycles. The third-order valence-corrected chi connectivity index (χ3v) is 5.22. The lowest BCUT2D eigenvalue weighted by molar-refractivity contribution is -0.139. The molecule has 0 radical (unpaired) electrons. The van der Waals surface area contributed by atoms with E-state index in [0.29, 0.717) is 29.9 Å². The Morgan fingerprint density at radius 1 is 1.06 bits per heavy atom. The van der Waals surface area contributed by atoms with Crippen LogP contribution >= 0.6 is 0 Å². The van der Waals surface area contributed by atoms with Crippen LogP contribution < -0.4 is 9.47 Å². The van der Waals surface area contributed by atoms with Gasteiger partial charge in [0.25, 0.3) is 0 Å². The first-order valence-corrected chi connectivity index (χ1v) is 12.0. The fourth-order valence-corrected chi connectivity index (χ4v) is 3.16. The average molecular weight is 468 g/mol. The van der Waals surface area contributed by atoms with Crippen molar-refractivity contribution in [3.05, 3.63) is 60.2 Å². The number of rotatable bonds is 15. The Morgan fingerprint density at radius 2 is 1.79 bits per heavy atom. The number of phenolic OH excluding ortho intramolecular Hbond substituents is 1. The van der Waals surface area contributed by atoms with Gasteiger partial charge in [0.05, 0.1) is 25.0 Å². The molecule has 0 aliphatic carbocycles. The summed E-state index contributed by atoms with van der Waals surface area (Å²) in [7, 11) is 0. The van der Waals surface area contributed by atoms with E-state index in [0.717, 1.165) is 37.3 Å². The Balaban J connectivity index is 1.85. The number of esters is 1. The monoisotopic (exact) mass is 467 g/mol. The number of aliphatic imine (C=N–C) groups is 1. The van der Waals surface area contributed by atoms with Crippen LogP contribution in [0.4, 0.5) is 5.69 Å². The second-order valence-electron chi connectivity index (χ2n) is 8.23. The SMILES string of the molecule is C=C(C)C(=O)OCCCC(CC)Oc1ccc(C=Nc2ccc(OCCCCC)cc2)c(O)c1. The number of hydrogen-bond acceptors (Lipinski definition) is 6. The molecule has 6 nitrogen and oxygen atoms in total. The summed E-state index contributed by atoms with van der Waals surface area (Å²) >= 11 is 0. The zero-order valence-corrected chi connectivity index (χ0v) is 20.6. The van der Waals surface area contributed by atoms with E-state index in [-0.39, 0.29) is 17.8 Å². The predicted molar refractivity (Wildman–Crippen MR) is 137 cm³/mol. The quantitative estimate of drug-likeness (QED) is 0.135. The Hall–Kier alpha value is -3.28. The van der Waals surface area contributed by atoms with Gasteiger partial charge in [-0.05, 0) is 69.0 Å². The molecule has 0 saturated heterocycles. The molecule has 1 unspecified atom stereocenters. The summed E-state index contributed by atoms with van der Waals surface area (Å²) in [6.07, 6.45) is 7.22. The largest absolute Gasteiger partial charge is 0.507 e. The first-order chi connectivity index (χ1) is 16.4. The van der Waals surface area contributed by atoms with E-state index in [2.05, 4.69) is 18.5 Å². The van der Waals surface area contributed by atoms with Crippen LogP contribution in [-0.2, 0) is 9.53 Å². The number of carbonyl (C=O) groups is 1. The molecule has 1 atom stereocenters. The predicted octanol–water partition coefficient (Wildman–Crippen LogP) is 6.77. The van der Waals surface area contributed by atoms with Gasteiger partial charge in [0.1, 0.15) is 17.2 Å². The van der Waals surface area contributed by atoms with E-state index < -0.39 is 0 Å². The van der Waals surface area contributed by atoms with Crippen molar-refractivity contribution >= 4 is 17.9 Å². The van der Waals surface area contributed by atoms with Gasteiger partial charge in [-0.2, -0.15) is 0 Å². The molecule has 0 amide bonds. The minimum Gasteiger partial charge on any atom is -0.507 e. The van der Waals surface area contributed by atoms with Gasteiger partial charge in [0, 0.05) is 23.4 Å². The maximum Gasteiger partial charge on any atom is 0.333 e. The van der Waals surface area contributed by atoms with Crippen LogP contribution in [0.25, 0.3) is 0 Å². The lowest BCUT2D eigenvalue weighted by Crippen LogP contribution is -2.17. The van der Waals surface area contributed by atoms with Crippen molar-refractivity contribution in [3.63, 3.8) is 0 Å². The van der Waals surface area contributed by atoms with Crippen molar-refractivity contribution < 1.29 is 24.1 Å². The number of nitrogens with zero attached hydrogens (tertiary/aromatic N) is 1. The highest BCUT2D eigenvalue weighted by Crippen LogP contribution is 2.26. The summed E-state index contributed by atoms with van der Waals surface area (Å²) in [4.78, 5) is 15.9. The number of benzene rings is 2. The van der Waals surface area contributed by atoms with Gasteiger partial charge >= 0.3 is 5.97 Å². The summed E-state index contributed by atoms with van der Waals surface area (Å²) in [5.74, 6) is 1.15. The fourth-order valence-electron chi connectivity index (χ4n) is 3.16. The molecule has 1 N–H and O–H groups in total. The topological polar surface area (TPSA) is 77.4 Å². The molecule has 0 fully saturated rings. The number of phenols is 1. The van der Waals surface area contributed by atoms with Crippen LogP contribution in [0.2, 0.25) is 0 Å². The van der Waals surface area contributed by atoms with Gasteiger partial charge in [-0.3, -0.25) is 4.99 Å². The van der Waals surface area contributed by atoms with Gasteiger partial charge in [0.2, 0.25) is 0 Å². The molecular weight excluding hydrogens is 430 g/mol. The summed E-state index contributed by atoms with van der Waals surface area (Å²) < 4.78 is 16.8. The number of unbranched alkanes of at least 4 members (excludes halogenated alkanes) is 2. The van der Waals surface area contributed by atoms with Crippen LogP contribution in [0.15, 0.2) is 59.6 Å². The van der Waals surface area contributed by atoms with Crippen molar-refractivity contribution in [1.29, 1.82) is 0 Å². The van der Waals surface area contributed by atoms with Gasteiger partial charge in [-0.25, -0.2) is 4.79 Å². The van der Waals surface area contributed by atoms with Crippen LogP contribution in [0, 0.1) is 0 Å². The number of carbonyl (C=O) groups excluding carboxylic acids is 1. The van der Waals surface area contributed by atoms with Gasteiger partial charge in [0.15, 0.2) is 0 Å². The summed E-state index contributed by atoms with van der Waals surface area (Å²) in [6.45, 7) is 10.5. The van der Waals surface area contributed by atoms with Gasteiger partial charge in [-0.1, -0.05) is 33.3 Å². The highest BCUT2D eigenvalue weighted by atomic mass is 16.5. The smallest absolute Gasteiger partial charge is 0.333 e. The van der Waals surface area contributed by atoms with Crippen LogP contribution in [0.5, 0.6) is 17.2 Å². The fraction of sp³-hybridized carbons (Fsp3) is 0.429. The highest BCUT2D eigenvalue weighted by molar-refractivity contribution is 5.87. The summed E-state index contributed by atoms with van der Waals surface area (Å²) in [5, 5.41) is 10.4. The maximum absolute atomic E-state index is 11.4. The third-order valence-electron chi connectivity index (χ3n) is 5.22. The van der Waals surface area contributed by atoms with Crippen molar-refractivity contribution in [3.8, 4) is 17.2 Å². The van der Waals surface area contributed by atoms with Crippen molar-refractivity contribution in [2.75, 3.05) is 13.2 Å². The van der Waals surface area contributed by atoms with E-state index >= 15 is 0 Å². The molecule has 2 rings (SSSR count). The van der Waals surface area contributed by atoms with E-state index in [1.54, 1.807) is 25.3 Å². The molecule has 0 aliphatic rings. The Bertz CT molecular complexity index is 936. The lowest BCUT2D eigenvalue weighted by Gasteiger charge is -2.18. The van der Waals surface area contributed by atoms with Crippen LogP contribution in [0.1, 0.15) is 64.9 Å². The molecule has 2 aromatic rings. The van der Waals surface area contributed by atoms with Crippen molar-refractivity contribution in [2.45, 2.75) is 65.4 Å². The first-order valence-electron chi connectivity index (χ1n) is 12.0. The van der Waals surface area contributed by atoms with E-state index in [9.17, 15) is 9.90 Å². The molecular formula is C28H37NO5. The second-order valence-corrected chi connectivity index (χ2v) is 8.23. The number of aromatic hydroxyl groups is 1. The molecule has 34 heavy (non-hydrogen) atoms. The molecule has 0 spiro atoms. The van der Waals surface area contributed by atoms with Gasteiger partial charge in [-0.15, -0.1) is 0 Å². The number of ether oxygens (including phenoxy) is 3. The normalized spacial score (nSPS) is 11.9.